The Morgan fingerprint density at radius 3 is 2.67 bits per heavy atom. The second-order valence-corrected chi connectivity index (χ2v) is 4.78. The maximum atomic E-state index is 5.57. The highest BCUT2D eigenvalue weighted by atomic mass is 16.5. The molecule has 4 heteroatoms. The average molecular weight is 250 g/mol. The first kappa shape index (κ1) is 13.2. The van der Waals surface area contributed by atoms with Gasteiger partial charge in [-0.1, -0.05) is 0 Å². The lowest BCUT2D eigenvalue weighted by Crippen LogP contribution is -2.43. The maximum absolute atomic E-state index is 5.57. The molecule has 1 saturated heterocycles. The normalized spacial score (nSPS) is 20.8. The number of ether oxygens (including phenoxy) is 2. The molecule has 1 aromatic carbocycles. The largest absolute Gasteiger partial charge is 0.496 e. The Bertz CT molecular complexity index is 421. The molecule has 0 aromatic heterocycles. The number of benzene rings is 1. The molecule has 1 aliphatic heterocycles. The minimum absolute atomic E-state index is 0.323. The zero-order chi connectivity index (χ0) is 13.1. The van der Waals surface area contributed by atoms with Crippen LogP contribution in [-0.4, -0.2) is 45.8 Å². The second kappa shape index (κ2) is 5.59. The third-order valence-electron chi connectivity index (χ3n) is 3.56. The van der Waals surface area contributed by atoms with E-state index in [1.807, 2.05) is 13.0 Å². The van der Waals surface area contributed by atoms with E-state index in [-0.39, 0.29) is 0 Å². The summed E-state index contributed by atoms with van der Waals surface area (Å²) >= 11 is 0. The van der Waals surface area contributed by atoms with Crippen molar-refractivity contribution in [2.75, 3.05) is 40.9 Å². The first-order chi connectivity index (χ1) is 8.67. The number of methoxy groups -OCH3 is 2. The third kappa shape index (κ3) is 2.44. The van der Waals surface area contributed by atoms with E-state index in [1.54, 1.807) is 14.2 Å². The van der Waals surface area contributed by atoms with Crippen LogP contribution in [0.3, 0.4) is 0 Å². The molecular formula is C14H22N2O2. The van der Waals surface area contributed by atoms with Gasteiger partial charge in [-0.25, -0.2) is 0 Å². The Kier molecular flexibility index (Phi) is 4.09. The van der Waals surface area contributed by atoms with Gasteiger partial charge in [0.05, 0.1) is 14.2 Å². The van der Waals surface area contributed by atoms with Crippen molar-refractivity contribution in [3.63, 3.8) is 0 Å². The number of rotatable bonds is 3. The predicted molar refractivity (Wildman–Crippen MR) is 72.5 cm³/mol. The number of piperazine rings is 1. The van der Waals surface area contributed by atoms with E-state index in [4.69, 9.17) is 9.47 Å². The smallest absolute Gasteiger partial charge is 0.130 e. The zero-order valence-electron chi connectivity index (χ0n) is 11.6. The molecule has 0 aliphatic carbocycles. The summed E-state index contributed by atoms with van der Waals surface area (Å²) in [5.41, 5.74) is 2.27. The molecule has 4 nitrogen and oxygen atoms in total. The highest BCUT2D eigenvalue weighted by molar-refractivity contribution is 5.50. The SMILES string of the molecule is COc1ccc(C2CN(C)CCN2)c(OC)c1C. The van der Waals surface area contributed by atoms with Crippen molar-refractivity contribution in [3.8, 4) is 11.5 Å². The Labute approximate surface area is 109 Å². The summed E-state index contributed by atoms with van der Waals surface area (Å²) in [4.78, 5) is 2.33. The fraction of sp³-hybridized carbons (Fsp3) is 0.571. The van der Waals surface area contributed by atoms with E-state index in [0.717, 1.165) is 36.7 Å². The van der Waals surface area contributed by atoms with Crippen LogP contribution in [-0.2, 0) is 0 Å². The minimum atomic E-state index is 0.323. The van der Waals surface area contributed by atoms with Gasteiger partial charge in [0.1, 0.15) is 11.5 Å². The fourth-order valence-corrected chi connectivity index (χ4v) is 2.57. The van der Waals surface area contributed by atoms with Crippen LogP contribution in [0.15, 0.2) is 12.1 Å². The Morgan fingerprint density at radius 1 is 1.28 bits per heavy atom. The maximum Gasteiger partial charge on any atom is 0.130 e. The van der Waals surface area contributed by atoms with Gasteiger partial charge in [0.15, 0.2) is 0 Å². The van der Waals surface area contributed by atoms with Gasteiger partial charge < -0.3 is 19.7 Å². The van der Waals surface area contributed by atoms with E-state index in [1.165, 1.54) is 5.56 Å². The van der Waals surface area contributed by atoms with Gasteiger partial charge in [0.2, 0.25) is 0 Å². The fourth-order valence-electron chi connectivity index (χ4n) is 2.57. The van der Waals surface area contributed by atoms with Crippen LogP contribution in [0.1, 0.15) is 17.2 Å². The van der Waals surface area contributed by atoms with Crippen LogP contribution in [0, 0.1) is 6.92 Å². The van der Waals surface area contributed by atoms with Crippen molar-refractivity contribution in [3.05, 3.63) is 23.3 Å². The number of hydrogen-bond acceptors (Lipinski definition) is 4. The highest BCUT2D eigenvalue weighted by Crippen LogP contribution is 2.35. The van der Waals surface area contributed by atoms with Crippen molar-refractivity contribution in [2.24, 2.45) is 0 Å². The molecule has 1 atom stereocenters. The van der Waals surface area contributed by atoms with Crippen molar-refractivity contribution in [2.45, 2.75) is 13.0 Å². The first-order valence-corrected chi connectivity index (χ1v) is 6.30. The predicted octanol–water partition coefficient (Wildman–Crippen LogP) is 1.59. The average Bonchev–Trinajstić information content (AvgIpc) is 2.38. The van der Waals surface area contributed by atoms with Crippen molar-refractivity contribution < 1.29 is 9.47 Å². The first-order valence-electron chi connectivity index (χ1n) is 6.30. The van der Waals surface area contributed by atoms with Crippen LogP contribution in [0.4, 0.5) is 0 Å². The minimum Gasteiger partial charge on any atom is -0.496 e. The summed E-state index contributed by atoms with van der Waals surface area (Å²) in [6.07, 6.45) is 0. The van der Waals surface area contributed by atoms with Crippen LogP contribution < -0.4 is 14.8 Å². The molecule has 2 rings (SSSR count). The second-order valence-electron chi connectivity index (χ2n) is 4.78. The zero-order valence-corrected chi connectivity index (χ0v) is 11.6. The summed E-state index contributed by atoms with van der Waals surface area (Å²) in [6.45, 7) is 5.14. The van der Waals surface area contributed by atoms with Crippen LogP contribution in [0.5, 0.6) is 11.5 Å². The molecule has 100 valence electrons. The molecule has 1 heterocycles. The number of nitrogens with one attached hydrogen (secondary N) is 1. The Hall–Kier alpha value is -1.26. The molecule has 1 aromatic rings. The lowest BCUT2D eigenvalue weighted by molar-refractivity contribution is 0.237. The van der Waals surface area contributed by atoms with Crippen LogP contribution in [0.25, 0.3) is 0 Å². The molecule has 0 spiro atoms. The van der Waals surface area contributed by atoms with Gasteiger partial charge in [-0.05, 0) is 26.1 Å². The number of likely N-dealkylation sites (N-methyl/N-ethyl adjacent to an activating group) is 1. The lowest BCUT2D eigenvalue weighted by atomic mass is 10.00. The van der Waals surface area contributed by atoms with Crippen molar-refractivity contribution in [1.82, 2.24) is 10.2 Å². The summed E-state index contributed by atoms with van der Waals surface area (Å²) in [6, 6.07) is 4.44. The molecule has 1 fully saturated rings. The molecule has 0 amide bonds. The molecule has 0 radical (unpaired) electrons. The summed E-state index contributed by atoms with van der Waals surface area (Å²) in [5, 5.41) is 3.54. The van der Waals surface area contributed by atoms with Gasteiger partial charge in [0.25, 0.3) is 0 Å². The van der Waals surface area contributed by atoms with E-state index in [9.17, 15) is 0 Å². The molecule has 18 heavy (non-hydrogen) atoms. The molecule has 0 bridgehead atoms. The highest BCUT2D eigenvalue weighted by Gasteiger charge is 2.23. The van der Waals surface area contributed by atoms with Gasteiger partial charge in [-0.2, -0.15) is 0 Å². The van der Waals surface area contributed by atoms with Gasteiger partial charge in [0, 0.05) is 36.8 Å². The van der Waals surface area contributed by atoms with E-state index in [0.29, 0.717) is 6.04 Å². The van der Waals surface area contributed by atoms with Crippen molar-refractivity contribution in [1.29, 1.82) is 0 Å². The summed E-state index contributed by atoms with van der Waals surface area (Å²) in [7, 11) is 5.56. The van der Waals surface area contributed by atoms with Crippen molar-refractivity contribution >= 4 is 0 Å². The van der Waals surface area contributed by atoms with Gasteiger partial charge in [-0.3, -0.25) is 0 Å². The standard InChI is InChI=1S/C14H22N2O2/c1-10-13(17-3)6-5-11(14(10)18-4)12-9-16(2)8-7-15-12/h5-6,12,15H,7-9H2,1-4H3. The molecule has 0 saturated carbocycles. The van der Waals surface area contributed by atoms with Gasteiger partial charge >= 0.3 is 0 Å². The molecule has 1 aliphatic rings. The van der Waals surface area contributed by atoms with E-state index < -0.39 is 0 Å². The Morgan fingerprint density at radius 2 is 2.06 bits per heavy atom. The Balaban J connectivity index is 2.35. The molecule has 1 unspecified atom stereocenters. The third-order valence-corrected chi connectivity index (χ3v) is 3.56. The lowest BCUT2D eigenvalue weighted by Gasteiger charge is -2.32. The van der Waals surface area contributed by atoms with Crippen LogP contribution >= 0.6 is 0 Å². The monoisotopic (exact) mass is 250 g/mol. The van der Waals surface area contributed by atoms with Crippen LogP contribution in [0.2, 0.25) is 0 Å². The summed E-state index contributed by atoms with van der Waals surface area (Å²) in [5.74, 6) is 1.81. The van der Waals surface area contributed by atoms with E-state index in [2.05, 4.69) is 23.3 Å². The number of nitrogens with zero attached hydrogens (tertiary/aromatic N) is 1. The topological polar surface area (TPSA) is 33.7 Å². The number of hydrogen-bond donors (Lipinski definition) is 1. The quantitative estimate of drug-likeness (QED) is 0.883. The van der Waals surface area contributed by atoms with Gasteiger partial charge in [-0.15, -0.1) is 0 Å². The van der Waals surface area contributed by atoms with E-state index >= 15 is 0 Å². The molecule has 1 N–H and O–H groups in total. The summed E-state index contributed by atoms with van der Waals surface area (Å²) < 4.78 is 10.9. The molecular weight excluding hydrogens is 228 g/mol.